The predicted molar refractivity (Wildman–Crippen MR) is 49.3 cm³/mol. The maximum Gasteiger partial charge on any atom is 0.221 e. The van der Waals surface area contributed by atoms with E-state index in [1.807, 2.05) is 0 Å². The van der Waals surface area contributed by atoms with Crippen LogP contribution in [0.1, 0.15) is 18.0 Å². The first-order valence-corrected chi connectivity index (χ1v) is 4.47. The molecule has 1 aromatic heterocycles. The second-order valence-corrected chi connectivity index (χ2v) is 3.69. The van der Waals surface area contributed by atoms with E-state index in [-0.39, 0.29) is 17.7 Å². The SMILES string of the molecule is NC(=O)C1CC1c1cc(Cl)ccn1. The van der Waals surface area contributed by atoms with Gasteiger partial charge in [0.2, 0.25) is 5.91 Å². The number of nitrogens with zero attached hydrogens (tertiary/aromatic N) is 1. The minimum atomic E-state index is -0.244. The van der Waals surface area contributed by atoms with E-state index in [4.69, 9.17) is 17.3 Å². The average Bonchev–Trinajstić information content (AvgIpc) is 2.82. The van der Waals surface area contributed by atoms with E-state index in [1.54, 1.807) is 18.3 Å². The Morgan fingerprint density at radius 3 is 3.00 bits per heavy atom. The van der Waals surface area contributed by atoms with E-state index in [9.17, 15) is 4.79 Å². The molecule has 0 saturated heterocycles. The molecule has 0 aliphatic heterocycles. The second kappa shape index (κ2) is 3.00. The Kier molecular flexibility index (Phi) is 1.96. The van der Waals surface area contributed by atoms with Crippen molar-refractivity contribution in [3.8, 4) is 0 Å². The smallest absolute Gasteiger partial charge is 0.221 e. The van der Waals surface area contributed by atoms with Crippen LogP contribution < -0.4 is 5.73 Å². The summed E-state index contributed by atoms with van der Waals surface area (Å²) in [5, 5.41) is 0.653. The summed E-state index contributed by atoms with van der Waals surface area (Å²) in [6, 6.07) is 3.50. The van der Waals surface area contributed by atoms with Gasteiger partial charge in [-0.05, 0) is 18.6 Å². The summed E-state index contributed by atoms with van der Waals surface area (Å²) in [5.74, 6) is -0.0889. The third kappa shape index (κ3) is 1.65. The molecule has 2 unspecified atom stereocenters. The number of carbonyl (C=O) groups excluding carboxylic acids is 1. The first kappa shape index (κ1) is 8.51. The molecule has 1 fully saturated rings. The largest absolute Gasteiger partial charge is 0.369 e. The Labute approximate surface area is 80.9 Å². The van der Waals surface area contributed by atoms with Gasteiger partial charge in [-0.3, -0.25) is 9.78 Å². The minimum Gasteiger partial charge on any atom is -0.369 e. The lowest BCUT2D eigenvalue weighted by molar-refractivity contribution is -0.119. The van der Waals surface area contributed by atoms with Crippen molar-refractivity contribution in [3.05, 3.63) is 29.0 Å². The maximum atomic E-state index is 10.8. The molecule has 1 saturated carbocycles. The fourth-order valence-electron chi connectivity index (χ4n) is 1.46. The number of pyridine rings is 1. The molecular formula is C9H9ClN2O. The van der Waals surface area contributed by atoms with Crippen LogP contribution >= 0.6 is 11.6 Å². The molecule has 4 heteroatoms. The quantitative estimate of drug-likeness (QED) is 0.776. The fourth-order valence-corrected chi connectivity index (χ4v) is 1.63. The zero-order valence-corrected chi connectivity index (χ0v) is 7.66. The first-order chi connectivity index (χ1) is 6.18. The van der Waals surface area contributed by atoms with Crippen LogP contribution in [0.25, 0.3) is 0 Å². The molecule has 13 heavy (non-hydrogen) atoms. The van der Waals surface area contributed by atoms with Crippen molar-refractivity contribution in [1.29, 1.82) is 0 Å². The van der Waals surface area contributed by atoms with Gasteiger partial charge in [-0.25, -0.2) is 0 Å². The lowest BCUT2D eigenvalue weighted by Gasteiger charge is -1.97. The zero-order valence-electron chi connectivity index (χ0n) is 6.90. The van der Waals surface area contributed by atoms with Crippen LogP contribution in [0.2, 0.25) is 5.02 Å². The van der Waals surface area contributed by atoms with Gasteiger partial charge in [0.05, 0.1) is 0 Å². The number of carbonyl (C=O) groups is 1. The Bertz CT molecular complexity index is 353. The molecular weight excluding hydrogens is 188 g/mol. The van der Waals surface area contributed by atoms with Gasteiger partial charge >= 0.3 is 0 Å². The molecule has 0 aromatic carbocycles. The highest BCUT2D eigenvalue weighted by atomic mass is 35.5. The molecule has 1 aliphatic carbocycles. The Morgan fingerprint density at radius 1 is 1.69 bits per heavy atom. The first-order valence-electron chi connectivity index (χ1n) is 4.09. The van der Waals surface area contributed by atoms with E-state index < -0.39 is 0 Å². The van der Waals surface area contributed by atoms with Crippen LogP contribution in [-0.2, 0) is 4.79 Å². The second-order valence-electron chi connectivity index (χ2n) is 3.25. The van der Waals surface area contributed by atoms with E-state index >= 15 is 0 Å². The summed E-state index contributed by atoms with van der Waals surface area (Å²) < 4.78 is 0. The Balaban J connectivity index is 2.16. The monoisotopic (exact) mass is 196 g/mol. The van der Waals surface area contributed by atoms with Gasteiger partial charge in [-0.2, -0.15) is 0 Å². The molecule has 0 spiro atoms. The number of primary amides is 1. The molecule has 1 aromatic rings. The highest BCUT2D eigenvalue weighted by Crippen LogP contribution is 2.46. The molecule has 2 rings (SSSR count). The van der Waals surface area contributed by atoms with Crippen molar-refractivity contribution >= 4 is 17.5 Å². The molecule has 2 atom stereocenters. The van der Waals surface area contributed by atoms with Crippen molar-refractivity contribution < 1.29 is 4.79 Å². The van der Waals surface area contributed by atoms with E-state index in [0.29, 0.717) is 5.02 Å². The van der Waals surface area contributed by atoms with Crippen molar-refractivity contribution in [2.45, 2.75) is 12.3 Å². The van der Waals surface area contributed by atoms with Gasteiger partial charge < -0.3 is 5.73 Å². The van der Waals surface area contributed by atoms with Crippen LogP contribution in [0.3, 0.4) is 0 Å². The summed E-state index contributed by atoms with van der Waals surface area (Å²) in [6.45, 7) is 0. The number of rotatable bonds is 2. The minimum absolute atomic E-state index is 0.0361. The van der Waals surface area contributed by atoms with Crippen molar-refractivity contribution in [1.82, 2.24) is 4.98 Å². The number of hydrogen-bond donors (Lipinski definition) is 1. The number of nitrogens with two attached hydrogens (primary N) is 1. The Hall–Kier alpha value is -1.09. The molecule has 1 amide bonds. The van der Waals surface area contributed by atoms with Crippen LogP contribution in [0.15, 0.2) is 18.3 Å². The lowest BCUT2D eigenvalue weighted by Crippen LogP contribution is -2.13. The molecule has 0 bridgehead atoms. The molecule has 1 heterocycles. The van der Waals surface area contributed by atoms with Gasteiger partial charge in [0.25, 0.3) is 0 Å². The maximum absolute atomic E-state index is 10.8. The van der Waals surface area contributed by atoms with Gasteiger partial charge in [0.15, 0.2) is 0 Å². The van der Waals surface area contributed by atoms with Crippen LogP contribution in [0, 0.1) is 5.92 Å². The highest BCUT2D eigenvalue weighted by molar-refractivity contribution is 6.30. The van der Waals surface area contributed by atoms with Crippen molar-refractivity contribution in [2.24, 2.45) is 11.7 Å². The number of halogens is 1. The number of aromatic nitrogens is 1. The van der Waals surface area contributed by atoms with Gasteiger partial charge in [0.1, 0.15) is 0 Å². The summed E-state index contributed by atoms with van der Waals surface area (Å²) in [7, 11) is 0. The Morgan fingerprint density at radius 2 is 2.46 bits per heavy atom. The van der Waals surface area contributed by atoms with Gasteiger partial charge in [-0.1, -0.05) is 11.6 Å². The lowest BCUT2D eigenvalue weighted by atomic mass is 10.2. The standard InChI is InChI=1S/C9H9ClN2O/c10-5-1-2-12-8(3-5)6-4-7(6)9(11)13/h1-3,6-7H,4H2,(H2,11,13). The zero-order chi connectivity index (χ0) is 9.42. The fraction of sp³-hybridized carbons (Fsp3) is 0.333. The van der Waals surface area contributed by atoms with E-state index in [2.05, 4.69) is 4.98 Å². The van der Waals surface area contributed by atoms with Crippen molar-refractivity contribution in [3.63, 3.8) is 0 Å². The third-order valence-corrected chi connectivity index (χ3v) is 2.51. The molecule has 3 nitrogen and oxygen atoms in total. The van der Waals surface area contributed by atoms with E-state index in [0.717, 1.165) is 12.1 Å². The normalized spacial score (nSPS) is 25.6. The van der Waals surface area contributed by atoms with Crippen molar-refractivity contribution in [2.75, 3.05) is 0 Å². The topological polar surface area (TPSA) is 56.0 Å². The van der Waals surface area contributed by atoms with Crippen LogP contribution in [-0.4, -0.2) is 10.9 Å². The third-order valence-electron chi connectivity index (χ3n) is 2.28. The van der Waals surface area contributed by atoms with Crippen LogP contribution in [0.4, 0.5) is 0 Å². The molecule has 1 aliphatic rings. The van der Waals surface area contributed by atoms with Gasteiger partial charge in [0, 0.05) is 28.7 Å². The van der Waals surface area contributed by atoms with Crippen LogP contribution in [0.5, 0.6) is 0 Å². The molecule has 0 radical (unpaired) electrons. The van der Waals surface area contributed by atoms with Gasteiger partial charge in [-0.15, -0.1) is 0 Å². The summed E-state index contributed by atoms with van der Waals surface area (Å²) >= 11 is 5.79. The summed E-state index contributed by atoms with van der Waals surface area (Å²) in [5.41, 5.74) is 6.04. The number of hydrogen-bond acceptors (Lipinski definition) is 2. The highest BCUT2D eigenvalue weighted by Gasteiger charge is 2.43. The summed E-state index contributed by atoms with van der Waals surface area (Å²) in [6.07, 6.45) is 2.46. The number of amides is 1. The molecule has 68 valence electrons. The molecule has 2 N–H and O–H groups in total. The average molecular weight is 197 g/mol. The van der Waals surface area contributed by atoms with E-state index in [1.165, 1.54) is 0 Å². The summed E-state index contributed by atoms with van der Waals surface area (Å²) in [4.78, 5) is 14.9. The predicted octanol–water partition coefficient (Wildman–Crippen LogP) is 1.32.